The number of carbonyl (C=O) groups excluding carboxylic acids is 1. The lowest BCUT2D eigenvalue weighted by molar-refractivity contribution is -0.134. The molecule has 2 rings (SSSR count). The summed E-state index contributed by atoms with van der Waals surface area (Å²) in [7, 11) is 1.95. The van der Waals surface area contributed by atoms with Crippen molar-refractivity contribution in [2.45, 2.75) is 32.7 Å². The SMILES string of the molecule is CN[C@H]1CCCN(C(=O)COc2c(C)cccc2C)C1. The standard InChI is InChI=1S/C16H24N2O2/c1-12-6-4-7-13(2)16(12)20-11-15(19)18-9-5-8-14(10-18)17-3/h4,6-7,14,17H,5,8-11H2,1-3H3/t14-/m0/s1. The second-order valence-electron chi connectivity index (χ2n) is 5.48. The molecule has 0 saturated carbocycles. The van der Waals surface area contributed by atoms with Gasteiger partial charge in [0.15, 0.2) is 6.61 Å². The molecule has 4 nitrogen and oxygen atoms in total. The Morgan fingerprint density at radius 1 is 1.40 bits per heavy atom. The first-order valence-electron chi connectivity index (χ1n) is 7.26. The number of likely N-dealkylation sites (N-methyl/N-ethyl adjacent to an activating group) is 1. The van der Waals surface area contributed by atoms with Crippen LogP contribution in [0.25, 0.3) is 0 Å². The van der Waals surface area contributed by atoms with E-state index in [0.717, 1.165) is 42.8 Å². The van der Waals surface area contributed by atoms with E-state index in [1.54, 1.807) is 0 Å². The number of para-hydroxylation sites is 1. The van der Waals surface area contributed by atoms with Gasteiger partial charge in [0.1, 0.15) is 5.75 Å². The van der Waals surface area contributed by atoms with Crippen LogP contribution >= 0.6 is 0 Å². The van der Waals surface area contributed by atoms with Gasteiger partial charge in [0.2, 0.25) is 0 Å². The van der Waals surface area contributed by atoms with Crippen LogP contribution in [0, 0.1) is 13.8 Å². The monoisotopic (exact) mass is 276 g/mol. The molecule has 0 bridgehead atoms. The molecule has 20 heavy (non-hydrogen) atoms. The van der Waals surface area contributed by atoms with Crippen LogP contribution in [-0.4, -0.2) is 43.6 Å². The fourth-order valence-corrected chi connectivity index (χ4v) is 2.69. The molecule has 1 saturated heterocycles. The summed E-state index contributed by atoms with van der Waals surface area (Å²) in [6.07, 6.45) is 2.19. The van der Waals surface area contributed by atoms with Gasteiger partial charge in [-0.15, -0.1) is 0 Å². The van der Waals surface area contributed by atoms with Crippen molar-refractivity contribution in [1.82, 2.24) is 10.2 Å². The van der Waals surface area contributed by atoms with Crippen LogP contribution in [0.3, 0.4) is 0 Å². The van der Waals surface area contributed by atoms with Crippen molar-refractivity contribution in [2.24, 2.45) is 0 Å². The Labute approximate surface area is 121 Å². The van der Waals surface area contributed by atoms with E-state index in [1.807, 2.05) is 44.0 Å². The third-order valence-electron chi connectivity index (χ3n) is 3.93. The van der Waals surface area contributed by atoms with Crippen LogP contribution in [0.1, 0.15) is 24.0 Å². The topological polar surface area (TPSA) is 41.6 Å². The maximum atomic E-state index is 12.2. The number of carbonyl (C=O) groups is 1. The molecule has 1 heterocycles. The van der Waals surface area contributed by atoms with Crippen LogP contribution in [-0.2, 0) is 4.79 Å². The van der Waals surface area contributed by atoms with Crippen molar-refractivity contribution in [3.05, 3.63) is 29.3 Å². The van der Waals surface area contributed by atoms with Crippen molar-refractivity contribution in [1.29, 1.82) is 0 Å². The number of amides is 1. The second kappa shape index (κ2) is 6.75. The molecule has 1 aromatic carbocycles. The van der Waals surface area contributed by atoms with Gasteiger partial charge in [-0.25, -0.2) is 0 Å². The molecular formula is C16H24N2O2. The highest BCUT2D eigenvalue weighted by Crippen LogP contribution is 2.22. The maximum absolute atomic E-state index is 12.2. The van der Waals surface area contributed by atoms with E-state index < -0.39 is 0 Å². The highest BCUT2D eigenvalue weighted by molar-refractivity contribution is 5.78. The van der Waals surface area contributed by atoms with Crippen LogP contribution < -0.4 is 10.1 Å². The molecule has 1 aliphatic rings. The largest absolute Gasteiger partial charge is 0.483 e. The summed E-state index contributed by atoms with van der Waals surface area (Å²) in [6.45, 7) is 5.76. The average Bonchev–Trinajstić information content (AvgIpc) is 2.46. The van der Waals surface area contributed by atoms with Crippen molar-refractivity contribution >= 4 is 5.91 Å². The highest BCUT2D eigenvalue weighted by atomic mass is 16.5. The predicted octanol–water partition coefficient (Wildman–Crippen LogP) is 1.89. The normalized spacial score (nSPS) is 18.9. The number of nitrogens with zero attached hydrogens (tertiary/aromatic N) is 1. The van der Waals surface area contributed by atoms with E-state index in [2.05, 4.69) is 5.32 Å². The van der Waals surface area contributed by atoms with Crippen molar-refractivity contribution in [2.75, 3.05) is 26.7 Å². The fourth-order valence-electron chi connectivity index (χ4n) is 2.69. The summed E-state index contributed by atoms with van der Waals surface area (Å²) in [5.41, 5.74) is 2.15. The Hall–Kier alpha value is -1.55. The number of rotatable bonds is 4. The molecule has 1 aliphatic heterocycles. The zero-order valence-corrected chi connectivity index (χ0v) is 12.6. The Morgan fingerprint density at radius 3 is 2.75 bits per heavy atom. The Kier molecular flexibility index (Phi) is 5.01. The summed E-state index contributed by atoms with van der Waals surface area (Å²) < 4.78 is 5.74. The van der Waals surface area contributed by atoms with Crippen LogP contribution in [0.5, 0.6) is 5.75 Å². The number of hydrogen-bond acceptors (Lipinski definition) is 3. The summed E-state index contributed by atoms with van der Waals surface area (Å²) in [5.74, 6) is 0.913. The van der Waals surface area contributed by atoms with Crippen molar-refractivity contribution in [3.63, 3.8) is 0 Å². The molecule has 0 aromatic heterocycles. The Morgan fingerprint density at radius 2 is 2.10 bits per heavy atom. The van der Waals surface area contributed by atoms with E-state index in [9.17, 15) is 4.79 Å². The molecule has 0 spiro atoms. The molecule has 0 unspecified atom stereocenters. The van der Waals surface area contributed by atoms with Gasteiger partial charge in [-0.1, -0.05) is 18.2 Å². The van der Waals surface area contributed by atoms with Gasteiger partial charge >= 0.3 is 0 Å². The Balaban J connectivity index is 1.92. The molecule has 0 radical (unpaired) electrons. The van der Waals surface area contributed by atoms with Crippen molar-refractivity contribution < 1.29 is 9.53 Å². The second-order valence-corrected chi connectivity index (χ2v) is 5.48. The Bertz CT molecular complexity index is 453. The lowest BCUT2D eigenvalue weighted by Crippen LogP contribution is -2.48. The quantitative estimate of drug-likeness (QED) is 0.913. The number of likely N-dealkylation sites (tertiary alicyclic amines) is 1. The molecule has 1 atom stereocenters. The lowest BCUT2D eigenvalue weighted by Gasteiger charge is -2.32. The van der Waals surface area contributed by atoms with Gasteiger partial charge in [0, 0.05) is 19.1 Å². The summed E-state index contributed by atoms with van der Waals surface area (Å²) >= 11 is 0. The van der Waals surface area contributed by atoms with Crippen LogP contribution in [0.2, 0.25) is 0 Å². The molecule has 1 fully saturated rings. The van der Waals surface area contributed by atoms with Gasteiger partial charge in [-0.3, -0.25) is 4.79 Å². The zero-order chi connectivity index (χ0) is 14.5. The minimum atomic E-state index is 0.0765. The molecule has 1 aromatic rings. The first-order chi connectivity index (χ1) is 9.61. The molecular weight excluding hydrogens is 252 g/mol. The van der Waals surface area contributed by atoms with E-state index in [1.165, 1.54) is 0 Å². The number of piperidine rings is 1. The zero-order valence-electron chi connectivity index (χ0n) is 12.6. The van der Waals surface area contributed by atoms with Gasteiger partial charge in [-0.2, -0.15) is 0 Å². The van der Waals surface area contributed by atoms with E-state index >= 15 is 0 Å². The van der Waals surface area contributed by atoms with Gasteiger partial charge < -0.3 is 15.0 Å². The van der Waals surface area contributed by atoms with Gasteiger partial charge in [0.05, 0.1) is 0 Å². The first kappa shape index (κ1) is 14.9. The van der Waals surface area contributed by atoms with E-state index in [-0.39, 0.29) is 12.5 Å². The lowest BCUT2D eigenvalue weighted by atomic mass is 10.1. The number of aryl methyl sites for hydroxylation is 2. The van der Waals surface area contributed by atoms with Crippen LogP contribution in [0.15, 0.2) is 18.2 Å². The third kappa shape index (κ3) is 3.51. The van der Waals surface area contributed by atoms with Crippen LogP contribution in [0.4, 0.5) is 0 Å². The van der Waals surface area contributed by atoms with Gasteiger partial charge in [-0.05, 0) is 44.9 Å². The molecule has 110 valence electrons. The van der Waals surface area contributed by atoms with Crippen molar-refractivity contribution in [3.8, 4) is 5.75 Å². The number of nitrogens with one attached hydrogen (secondary N) is 1. The smallest absolute Gasteiger partial charge is 0.260 e. The van der Waals surface area contributed by atoms with Gasteiger partial charge in [0.25, 0.3) is 5.91 Å². The van der Waals surface area contributed by atoms with E-state index in [4.69, 9.17) is 4.74 Å². The minimum absolute atomic E-state index is 0.0765. The van der Waals surface area contributed by atoms with E-state index in [0.29, 0.717) is 6.04 Å². The summed E-state index contributed by atoms with van der Waals surface area (Å²) in [5, 5.41) is 3.25. The first-order valence-corrected chi connectivity index (χ1v) is 7.26. The maximum Gasteiger partial charge on any atom is 0.260 e. The number of benzene rings is 1. The predicted molar refractivity (Wildman–Crippen MR) is 80.1 cm³/mol. The minimum Gasteiger partial charge on any atom is -0.483 e. The highest BCUT2D eigenvalue weighted by Gasteiger charge is 2.22. The summed E-state index contributed by atoms with van der Waals surface area (Å²) in [4.78, 5) is 14.1. The number of ether oxygens (including phenoxy) is 1. The molecule has 0 aliphatic carbocycles. The fraction of sp³-hybridized carbons (Fsp3) is 0.562. The molecule has 1 amide bonds. The summed E-state index contributed by atoms with van der Waals surface area (Å²) in [6, 6.07) is 6.42. The molecule has 1 N–H and O–H groups in total. The molecule has 4 heteroatoms. The average molecular weight is 276 g/mol. The number of hydrogen-bond donors (Lipinski definition) is 1. The third-order valence-corrected chi connectivity index (χ3v) is 3.93.